The topological polar surface area (TPSA) is 74.6 Å². The molecule has 0 amide bonds. The Bertz CT molecular complexity index is 590. The quantitative estimate of drug-likeness (QED) is 0.276. The zero-order valence-electron chi connectivity index (χ0n) is 19.1. The first kappa shape index (κ1) is 25.6. The third kappa shape index (κ3) is 7.73. The Labute approximate surface area is 177 Å². The fourth-order valence-corrected chi connectivity index (χ4v) is 4.17. The lowest BCUT2D eigenvalue weighted by molar-refractivity contribution is -0.153. The Hall–Kier alpha value is -1.42. The average molecular weight is 407 g/mol. The molecule has 0 aliphatic heterocycles. The van der Waals surface area contributed by atoms with Gasteiger partial charge in [-0.25, -0.2) is 4.79 Å². The van der Waals surface area contributed by atoms with Crippen LogP contribution in [0.4, 0.5) is 0 Å². The number of hydrogen-bond donors (Lipinski definition) is 2. The van der Waals surface area contributed by atoms with Gasteiger partial charge >= 0.3 is 5.97 Å². The van der Waals surface area contributed by atoms with Crippen molar-refractivity contribution in [3.63, 3.8) is 0 Å². The molecule has 0 aromatic heterocycles. The maximum Gasteiger partial charge on any atom is 0.333 e. The largest absolute Gasteiger partial charge is 0.479 e. The summed E-state index contributed by atoms with van der Waals surface area (Å²) in [5.74, 6) is -0.331. The smallest absolute Gasteiger partial charge is 0.333 e. The van der Waals surface area contributed by atoms with Gasteiger partial charge < -0.3 is 10.2 Å². The van der Waals surface area contributed by atoms with Gasteiger partial charge in [-0.2, -0.15) is 0 Å². The molecule has 4 nitrogen and oxygen atoms in total. The molecule has 2 unspecified atom stereocenters. The van der Waals surface area contributed by atoms with Crippen LogP contribution in [0, 0.1) is 22.7 Å². The fourth-order valence-electron chi connectivity index (χ4n) is 4.17. The summed E-state index contributed by atoms with van der Waals surface area (Å²) in [4.78, 5) is 23.6. The zero-order chi connectivity index (χ0) is 22.1. The van der Waals surface area contributed by atoms with Gasteiger partial charge in [0.25, 0.3) is 0 Å². The van der Waals surface area contributed by atoms with Crippen molar-refractivity contribution in [3.05, 3.63) is 24.3 Å². The molecule has 0 spiro atoms. The van der Waals surface area contributed by atoms with Crippen molar-refractivity contribution in [1.29, 1.82) is 0 Å². The van der Waals surface area contributed by atoms with E-state index < -0.39 is 22.9 Å². The second kappa shape index (κ2) is 11.7. The number of rotatable bonds is 14. The van der Waals surface area contributed by atoms with E-state index in [1.165, 1.54) is 32.1 Å². The van der Waals surface area contributed by atoms with Gasteiger partial charge in [-0.3, -0.25) is 4.79 Å². The molecule has 1 rings (SSSR count). The third-order valence-electron chi connectivity index (χ3n) is 6.65. The first-order chi connectivity index (χ1) is 13.5. The number of aliphatic hydroxyl groups excluding tert-OH is 1. The van der Waals surface area contributed by atoms with Crippen molar-refractivity contribution in [2.45, 2.75) is 98.5 Å². The van der Waals surface area contributed by atoms with Gasteiger partial charge in [-0.05, 0) is 31.3 Å². The summed E-state index contributed by atoms with van der Waals surface area (Å²) in [6.45, 7) is 10.1. The van der Waals surface area contributed by atoms with Crippen LogP contribution in [0.1, 0.15) is 92.4 Å². The second-order valence-corrected chi connectivity index (χ2v) is 9.81. The van der Waals surface area contributed by atoms with Gasteiger partial charge in [-0.1, -0.05) is 91.4 Å². The van der Waals surface area contributed by atoms with E-state index in [4.69, 9.17) is 5.11 Å². The number of carbonyl (C=O) groups is 2. The summed E-state index contributed by atoms with van der Waals surface area (Å²) in [5.41, 5.74) is -1.08. The minimum atomic E-state index is -1.36. The minimum Gasteiger partial charge on any atom is -0.479 e. The lowest BCUT2D eigenvalue weighted by atomic mass is 9.73. The highest BCUT2D eigenvalue weighted by molar-refractivity contribution is 5.97. The van der Waals surface area contributed by atoms with E-state index in [1.807, 2.05) is 13.0 Å². The average Bonchev–Trinajstić information content (AvgIpc) is 2.94. The highest BCUT2D eigenvalue weighted by Crippen LogP contribution is 2.42. The Morgan fingerprint density at radius 2 is 1.93 bits per heavy atom. The Kier molecular flexibility index (Phi) is 10.3. The van der Waals surface area contributed by atoms with Crippen LogP contribution in [-0.4, -0.2) is 28.1 Å². The van der Waals surface area contributed by atoms with Crippen LogP contribution in [0.2, 0.25) is 0 Å². The lowest BCUT2D eigenvalue weighted by Gasteiger charge is -2.30. The first-order valence-corrected chi connectivity index (χ1v) is 11.4. The summed E-state index contributed by atoms with van der Waals surface area (Å²) in [6.07, 6.45) is 16.2. The van der Waals surface area contributed by atoms with Crippen LogP contribution >= 0.6 is 0 Å². The van der Waals surface area contributed by atoms with Gasteiger partial charge in [-0.15, -0.1) is 0 Å². The summed E-state index contributed by atoms with van der Waals surface area (Å²) < 4.78 is 0. The van der Waals surface area contributed by atoms with Crippen molar-refractivity contribution < 1.29 is 19.8 Å². The Morgan fingerprint density at radius 3 is 2.55 bits per heavy atom. The fraction of sp³-hybridized carbons (Fsp3) is 0.760. The number of aliphatic hydroxyl groups is 1. The predicted octanol–water partition coefficient (Wildman–Crippen LogP) is 5.94. The van der Waals surface area contributed by atoms with E-state index in [1.54, 1.807) is 19.9 Å². The molecule has 1 aliphatic rings. The molecule has 0 radical (unpaired) electrons. The van der Waals surface area contributed by atoms with Gasteiger partial charge in [0.05, 0.1) is 0 Å². The van der Waals surface area contributed by atoms with Crippen molar-refractivity contribution in [2.75, 3.05) is 0 Å². The van der Waals surface area contributed by atoms with Crippen LogP contribution < -0.4 is 0 Å². The molecule has 4 atom stereocenters. The molecule has 0 saturated carbocycles. The lowest BCUT2D eigenvalue weighted by Crippen LogP contribution is -2.36. The van der Waals surface area contributed by atoms with E-state index in [2.05, 4.69) is 26.0 Å². The van der Waals surface area contributed by atoms with Crippen LogP contribution in [-0.2, 0) is 9.59 Å². The molecular weight excluding hydrogens is 364 g/mol. The van der Waals surface area contributed by atoms with E-state index in [-0.39, 0.29) is 11.7 Å². The maximum absolute atomic E-state index is 12.5. The van der Waals surface area contributed by atoms with Gasteiger partial charge in [0.2, 0.25) is 0 Å². The van der Waals surface area contributed by atoms with Crippen molar-refractivity contribution in [2.24, 2.45) is 22.7 Å². The molecule has 1 aliphatic carbocycles. The first-order valence-electron chi connectivity index (χ1n) is 11.4. The number of carboxylic acid groups (broad SMARTS) is 1. The summed E-state index contributed by atoms with van der Waals surface area (Å²) in [5, 5.41) is 18.9. The summed E-state index contributed by atoms with van der Waals surface area (Å²) in [6, 6.07) is 0. The van der Waals surface area contributed by atoms with Crippen LogP contribution in [0.5, 0.6) is 0 Å². The Balaban J connectivity index is 2.54. The second-order valence-electron chi connectivity index (χ2n) is 9.81. The van der Waals surface area contributed by atoms with E-state index >= 15 is 0 Å². The van der Waals surface area contributed by atoms with Crippen LogP contribution in [0.25, 0.3) is 0 Å². The zero-order valence-corrected chi connectivity index (χ0v) is 19.1. The van der Waals surface area contributed by atoms with Crippen molar-refractivity contribution in [3.8, 4) is 0 Å². The molecule has 0 aromatic carbocycles. The SMILES string of the molecule is CCCCCCC(C)C=C[C@H]1C=CC(=O)[C@]1(C)CCCCC(C)(C)C(O)C(=O)O. The number of ketones is 1. The molecule has 2 N–H and O–H groups in total. The van der Waals surface area contributed by atoms with Crippen molar-refractivity contribution >= 4 is 11.8 Å². The minimum absolute atomic E-state index is 0.130. The normalized spacial score (nSPS) is 24.3. The predicted molar refractivity (Wildman–Crippen MR) is 119 cm³/mol. The molecule has 166 valence electrons. The number of unbranched alkanes of at least 4 members (excludes halogenated alkanes) is 4. The van der Waals surface area contributed by atoms with Crippen molar-refractivity contribution in [1.82, 2.24) is 0 Å². The van der Waals surface area contributed by atoms with Crippen LogP contribution in [0.3, 0.4) is 0 Å². The number of carbonyl (C=O) groups excluding carboxylic acids is 1. The van der Waals surface area contributed by atoms with Gasteiger partial charge in [0, 0.05) is 16.7 Å². The van der Waals surface area contributed by atoms with Gasteiger partial charge in [0.15, 0.2) is 11.9 Å². The highest BCUT2D eigenvalue weighted by Gasteiger charge is 2.41. The molecule has 0 fully saturated rings. The monoisotopic (exact) mass is 406 g/mol. The molecule has 0 saturated heterocycles. The Morgan fingerprint density at radius 1 is 1.24 bits per heavy atom. The molecular formula is C25H42O4. The molecule has 0 heterocycles. The number of allylic oxidation sites excluding steroid dienone is 4. The number of hydrogen-bond acceptors (Lipinski definition) is 3. The molecule has 0 aromatic rings. The van der Waals surface area contributed by atoms with E-state index in [0.29, 0.717) is 12.3 Å². The van der Waals surface area contributed by atoms with Crippen LogP contribution in [0.15, 0.2) is 24.3 Å². The number of carboxylic acids is 1. The number of aliphatic carboxylic acids is 1. The van der Waals surface area contributed by atoms with E-state index in [9.17, 15) is 14.7 Å². The molecule has 4 heteroatoms. The maximum atomic E-state index is 12.5. The summed E-state index contributed by atoms with van der Waals surface area (Å²) >= 11 is 0. The molecule has 0 bridgehead atoms. The third-order valence-corrected chi connectivity index (χ3v) is 6.65. The standard InChI is InChI=1S/C25H42O4/c1-6-7-8-9-12-19(2)13-14-20-15-16-21(26)25(20,5)18-11-10-17-24(3,4)22(27)23(28)29/h13-16,19-20,22,27H,6-12,17-18H2,1-5H3,(H,28,29)/t19?,20-,22?,25+/m0/s1. The summed E-state index contributed by atoms with van der Waals surface area (Å²) in [7, 11) is 0. The van der Waals surface area contributed by atoms with Gasteiger partial charge in [0.1, 0.15) is 0 Å². The highest BCUT2D eigenvalue weighted by atomic mass is 16.4. The molecule has 29 heavy (non-hydrogen) atoms. The van der Waals surface area contributed by atoms with E-state index in [0.717, 1.165) is 19.3 Å².